The van der Waals surface area contributed by atoms with E-state index in [1.54, 1.807) is 18.2 Å². The van der Waals surface area contributed by atoms with Gasteiger partial charge in [0.1, 0.15) is 12.2 Å². The quantitative estimate of drug-likeness (QED) is 0.321. The molecule has 2 rings (SSSR count). The van der Waals surface area contributed by atoms with Crippen LogP contribution >= 0.6 is 31.9 Å². The van der Waals surface area contributed by atoms with Gasteiger partial charge in [-0.25, -0.2) is 5.43 Å². The summed E-state index contributed by atoms with van der Waals surface area (Å²) < 4.78 is 7.26. The van der Waals surface area contributed by atoms with Gasteiger partial charge in [0, 0.05) is 14.5 Å². The molecule has 142 valence electrons. The number of carbonyl (C=O) groups excluding carboxylic acids is 2. The number of hydrogen-bond donors (Lipinski definition) is 2. The molecule has 0 spiro atoms. The minimum atomic E-state index is -0.512. The minimum absolute atomic E-state index is 0.337. The Hall–Kier alpha value is -2.19. The third-order valence-electron chi connectivity index (χ3n) is 3.30. The maximum atomic E-state index is 12.0. The molecule has 0 unspecified atom stereocenters. The first-order chi connectivity index (χ1) is 13.0. The van der Waals surface area contributed by atoms with Crippen molar-refractivity contribution in [3.8, 4) is 5.75 Å². The maximum Gasteiger partial charge on any atom is 0.249 e. The molecule has 2 aromatic carbocycles. The van der Waals surface area contributed by atoms with Gasteiger partial charge in [-0.2, -0.15) is 5.10 Å². The highest BCUT2D eigenvalue weighted by Gasteiger charge is 2.10. The number of rotatable bonds is 8. The van der Waals surface area contributed by atoms with Gasteiger partial charge < -0.3 is 10.1 Å². The van der Waals surface area contributed by atoms with Crippen molar-refractivity contribution in [2.24, 2.45) is 5.10 Å². The molecule has 0 atom stereocenters. The van der Waals surface area contributed by atoms with Crippen LogP contribution in [0.3, 0.4) is 0 Å². The number of benzene rings is 2. The lowest BCUT2D eigenvalue weighted by atomic mass is 10.2. The Morgan fingerprint density at radius 2 is 1.93 bits per heavy atom. The van der Waals surface area contributed by atoms with Crippen LogP contribution in [0.15, 0.2) is 56.5 Å². The van der Waals surface area contributed by atoms with Crippen LogP contribution in [-0.2, 0) is 9.59 Å². The molecule has 0 saturated carbocycles. The lowest BCUT2D eigenvalue weighted by molar-refractivity contribution is -0.126. The zero-order valence-corrected chi connectivity index (χ0v) is 17.8. The zero-order chi connectivity index (χ0) is 19.6. The van der Waals surface area contributed by atoms with Crippen LogP contribution in [0, 0.1) is 0 Å². The molecule has 0 aliphatic carbocycles. The summed E-state index contributed by atoms with van der Waals surface area (Å²) in [5.74, 6) is -0.268. The predicted molar refractivity (Wildman–Crippen MR) is 113 cm³/mol. The SMILES string of the molecule is CCCOc1ccc(Br)cc1C=NNC(=O)CC(=O)Nc1ccccc1Br. The molecule has 0 aliphatic rings. The van der Waals surface area contributed by atoms with Crippen LogP contribution in [-0.4, -0.2) is 24.6 Å². The maximum absolute atomic E-state index is 12.0. The van der Waals surface area contributed by atoms with Gasteiger partial charge in [-0.15, -0.1) is 0 Å². The topological polar surface area (TPSA) is 79.8 Å². The van der Waals surface area contributed by atoms with E-state index >= 15 is 0 Å². The van der Waals surface area contributed by atoms with Crippen LogP contribution in [0.2, 0.25) is 0 Å². The van der Waals surface area contributed by atoms with Crippen molar-refractivity contribution in [3.05, 3.63) is 57.0 Å². The van der Waals surface area contributed by atoms with E-state index in [-0.39, 0.29) is 6.42 Å². The summed E-state index contributed by atoms with van der Waals surface area (Å²) in [7, 11) is 0. The van der Waals surface area contributed by atoms with Crippen LogP contribution < -0.4 is 15.5 Å². The van der Waals surface area contributed by atoms with Crippen molar-refractivity contribution < 1.29 is 14.3 Å². The minimum Gasteiger partial charge on any atom is -0.493 e. The molecule has 0 aromatic heterocycles. The molecule has 2 amide bonds. The number of nitrogens with zero attached hydrogens (tertiary/aromatic N) is 1. The molecule has 2 N–H and O–H groups in total. The second-order valence-corrected chi connectivity index (χ2v) is 7.30. The molecular weight excluding hydrogens is 478 g/mol. The van der Waals surface area contributed by atoms with E-state index in [1.165, 1.54) is 6.21 Å². The summed E-state index contributed by atoms with van der Waals surface area (Å²) in [6, 6.07) is 12.7. The molecule has 27 heavy (non-hydrogen) atoms. The molecular formula is C19H19Br2N3O3. The van der Waals surface area contributed by atoms with E-state index < -0.39 is 11.8 Å². The molecule has 0 radical (unpaired) electrons. The predicted octanol–water partition coefficient (Wildman–Crippen LogP) is 4.48. The lowest BCUT2D eigenvalue weighted by Gasteiger charge is -2.08. The Labute approximate surface area is 174 Å². The van der Waals surface area contributed by atoms with E-state index in [0.717, 1.165) is 20.9 Å². The molecule has 2 aromatic rings. The second-order valence-electron chi connectivity index (χ2n) is 5.53. The number of anilines is 1. The molecule has 8 heteroatoms. The van der Waals surface area contributed by atoms with E-state index in [4.69, 9.17) is 4.74 Å². The summed E-state index contributed by atoms with van der Waals surface area (Å²) in [6.45, 7) is 2.61. The largest absolute Gasteiger partial charge is 0.493 e. The highest BCUT2D eigenvalue weighted by molar-refractivity contribution is 9.10. The average Bonchev–Trinajstić information content (AvgIpc) is 2.63. The summed E-state index contributed by atoms with van der Waals surface area (Å²) in [4.78, 5) is 23.9. The van der Waals surface area contributed by atoms with Crippen LogP contribution in [0.5, 0.6) is 5.75 Å². The van der Waals surface area contributed by atoms with Crippen molar-refractivity contribution in [2.45, 2.75) is 19.8 Å². The first-order valence-electron chi connectivity index (χ1n) is 8.28. The number of nitrogens with one attached hydrogen (secondary N) is 2. The molecule has 0 saturated heterocycles. The number of carbonyl (C=O) groups is 2. The normalized spacial score (nSPS) is 10.6. The summed E-state index contributed by atoms with van der Waals surface area (Å²) in [5, 5.41) is 6.58. The lowest BCUT2D eigenvalue weighted by Crippen LogP contribution is -2.24. The highest BCUT2D eigenvalue weighted by atomic mass is 79.9. The van der Waals surface area contributed by atoms with Crippen LogP contribution in [0.25, 0.3) is 0 Å². The smallest absolute Gasteiger partial charge is 0.249 e. The van der Waals surface area contributed by atoms with E-state index in [9.17, 15) is 9.59 Å². The van der Waals surface area contributed by atoms with Crippen molar-refractivity contribution in [2.75, 3.05) is 11.9 Å². The van der Waals surface area contributed by atoms with Crippen molar-refractivity contribution >= 4 is 55.6 Å². The number of hydrazone groups is 1. The van der Waals surface area contributed by atoms with Crippen LogP contribution in [0.1, 0.15) is 25.3 Å². The number of hydrogen-bond acceptors (Lipinski definition) is 4. The zero-order valence-electron chi connectivity index (χ0n) is 14.7. The second kappa shape index (κ2) is 10.8. The van der Waals surface area contributed by atoms with Gasteiger partial charge in [0.15, 0.2) is 0 Å². The fourth-order valence-corrected chi connectivity index (χ4v) is 2.84. The third kappa shape index (κ3) is 7.15. The Morgan fingerprint density at radius 3 is 2.67 bits per heavy atom. The number of amides is 2. The number of halogens is 2. The van der Waals surface area contributed by atoms with Gasteiger partial charge >= 0.3 is 0 Å². The molecule has 0 heterocycles. The summed E-state index contributed by atoms with van der Waals surface area (Å²) in [5.41, 5.74) is 3.67. The van der Waals surface area contributed by atoms with E-state index in [0.29, 0.717) is 18.0 Å². The monoisotopic (exact) mass is 495 g/mol. The first kappa shape index (κ1) is 21.1. The Morgan fingerprint density at radius 1 is 1.15 bits per heavy atom. The van der Waals surface area contributed by atoms with Gasteiger partial charge in [-0.05, 0) is 52.7 Å². The summed E-state index contributed by atoms with van der Waals surface area (Å²) >= 11 is 6.73. The summed E-state index contributed by atoms with van der Waals surface area (Å²) in [6.07, 6.45) is 2.03. The van der Waals surface area contributed by atoms with Crippen molar-refractivity contribution in [1.29, 1.82) is 0 Å². The Balaban J connectivity index is 1.90. The van der Waals surface area contributed by atoms with Crippen molar-refractivity contribution in [3.63, 3.8) is 0 Å². The van der Waals surface area contributed by atoms with Gasteiger partial charge in [0.2, 0.25) is 11.8 Å². The first-order valence-corrected chi connectivity index (χ1v) is 9.87. The number of ether oxygens (including phenoxy) is 1. The molecule has 6 nitrogen and oxygen atoms in total. The fourth-order valence-electron chi connectivity index (χ4n) is 2.08. The van der Waals surface area contributed by atoms with Crippen molar-refractivity contribution in [1.82, 2.24) is 5.43 Å². The Bertz CT molecular complexity index is 841. The molecule has 0 bridgehead atoms. The Kier molecular flexibility index (Phi) is 8.47. The molecule has 0 fully saturated rings. The van der Waals surface area contributed by atoms with Gasteiger partial charge in [-0.1, -0.05) is 35.0 Å². The van der Waals surface area contributed by atoms with Gasteiger partial charge in [0.25, 0.3) is 0 Å². The third-order valence-corrected chi connectivity index (χ3v) is 4.48. The van der Waals surface area contributed by atoms with Crippen LogP contribution in [0.4, 0.5) is 5.69 Å². The number of para-hydroxylation sites is 1. The fraction of sp³-hybridized carbons (Fsp3) is 0.211. The van der Waals surface area contributed by atoms with Gasteiger partial charge in [-0.3, -0.25) is 9.59 Å². The highest BCUT2D eigenvalue weighted by Crippen LogP contribution is 2.22. The van der Waals surface area contributed by atoms with E-state index in [2.05, 4.69) is 47.7 Å². The standard InChI is InChI=1S/C19H19Br2N3O3/c1-2-9-27-17-8-7-14(20)10-13(17)12-22-24-19(26)11-18(25)23-16-6-4-3-5-15(16)21/h3-8,10,12H,2,9,11H2,1H3,(H,23,25)(H,24,26). The van der Waals surface area contributed by atoms with Gasteiger partial charge in [0.05, 0.1) is 18.5 Å². The van der Waals surface area contributed by atoms with E-state index in [1.807, 2.05) is 31.2 Å². The molecule has 0 aliphatic heterocycles. The average molecular weight is 497 g/mol.